The van der Waals surface area contributed by atoms with Gasteiger partial charge in [-0.05, 0) is 12.0 Å². The Morgan fingerprint density at radius 2 is 1.88 bits per heavy atom. The first-order chi connectivity index (χ1) is 7.93. The standard InChI is InChI=1S/C14H17O2S/c1-14(2,3)13(16)17-12(10-15)9-11-7-5-4-6-8-11/h4-8,12H,9H2,1-3H3. The molecule has 0 saturated carbocycles. The van der Waals surface area contributed by atoms with Gasteiger partial charge < -0.3 is 0 Å². The molecule has 0 amide bonds. The Hall–Kier alpha value is -1.09. The summed E-state index contributed by atoms with van der Waals surface area (Å²) in [6.45, 7) is 5.56. The second-order valence-electron chi connectivity index (χ2n) is 4.95. The maximum Gasteiger partial charge on any atom is 0.213 e. The summed E-state index contributed by atoms with van der Waals surface area (Å²) in [5.74, 6) is 0. The minimum atomic E-state index is -0.420. The maximum absolute atomic E-state index is 11.8. The fourth-order valence-corrected chi connectivity index (χ4v) is 2.18. The Balaban J connectivity index is 2.62. The number of benzene rings is 1. The summed E-state index contributed by atoms with van der Waals surface area (Å²) in [6, 6.07) is 9.68. The van der Waals surface area contributed by atoms with E-state index < -0.39 is 10.7 Å². The molecule has 1 atom stereocenters. The van der Waals surface area contributed by atoms with Gasteiger partial charge in [0.15, 0.2) is 5.12 Å². The van der Waals surface area contributed by atoms with Crippen molar-refractivity contribution in [1.82, 2.24) is 0 Å². The van der Waals surface area contributed by atoms with Crippen molar-refractivity contribution in [2.75, 3.05) is 0 Å². The second-order valence-corrected chi connectivity index (χ2v) is 6.13. The van der Waals surface area contributed by atoms with Crippen LogP contribution in [0.4, 0.5) is 0 Å². The minimum Gasteiger partial charge on any atom is -0.290 e. The van der Waals surface area contributed by atoms with E-state index in [1.165, 1.54) is 0 Å². The Morgan fingerprint density at radius 3 is 2.35 bits per heavy atom. The van der Waals surface area contributed by atoms with Gasteiger partial charge in [-0.15, -0.1) is 0 Å². The molecular formula is C14H17O2S. The van der Waals surface area contributed by atoms with Crippen molar-refractivity contribution in [3.63, 3.8) is 0 Å². The fraction of sp³-hybridized carbons (Fsp3) is 0.429. The predicted octanol–water partition coefficient (Wildman–Crippen LogP) is 3.01. The van der Waals surface area contributed by atoms with Crippen LogP contribution in [0.25, 0.3) is 0 Å². The number of rotatable bonds is 4. The predicted molar refractivity (Wildman–Crippen MR) is 71.7 cm³/mol. The molecule has 1 radical (unpaired) electrons. The molecule has 0 heterocycles. The molecule has 1 rings (SSSR count). The van der Waals surface area contributed by atoms with E-state index in [2.05, 4.69) is 0 Å². The highest BCUT2D eigenvalue weighted by atomic mass is 32.2. The lowest BCUT2D eigenvalue weighted by Crippen LogP contribution is -2.21. The van der Waals surface area contributed by atoms with Gasteiger partial charge in [0.05, 0.1) is 5.25 Å². The molecule has 0 N–H and O–H groups in total. The van der Waals surface area contributed by atoms with E-state index in [9.17, 15) is 9.59 Å². The van der Waals surface area contributed by atoms with Gasteiger partial charge in [-0.1, -0.05) is 62.9 Å². The third kappa shape index (κ3) is 4.73. The van der Waals surface area contributed by atoms with Crippen LogP contribution in [0.2, 0.25) is 0 Å². The first-order valence-electron chi connectivity index (χ1n) is 5.56. The highest BCUT2D eigenvalue weighted by Gasteiger charge is 2.25. The lowest BCUT2D eigenvalue weighted by Gasteiger charge is -2.18. The smallest absolute Gasteiger partial charge is 0.213 e. The van der Waals surface area contributed by atoms with Crippen molar-refractivity contribution in [3.8, 4) is 0 Å². The topological polar surface area (TPSA) is 34.1 Å². The van der Waals surface area contributed by atoms with Crippen LogP contribution in [-0.4, -0.2) is 16.7 Å². The van der Waals surface area contributed by atoms with E-state index >= 15 is 0 Å². The van der Waals surface area contributed by atoms with E-state index in [0.29, 0.717) is 6.42 Å². The summed E-state index contributed by atoms with van der Waals surface area (Å²) in [4.78, 5) is 22.7. The molecule has 1 aromatic carbocycles. The number of hydrogen-bond donors (Lipinski definition) is 0. The van der Waals surface area contributed by atoms with Crippen LogP contribution in [0.3, 0.4) is 0 Å². The third-order valence-corrected chi connectivity index (χ3v) is 3.63. The molecule has 0 aromatic heterocycles. The van der Waals surface area contributed by atoms with Crippen molar-refractivity contribution in [1.29, 1.82) is 0 Å². The van der Waals surface area contributed by atoms with E-state index in [1.807, 2.05) is 57.4 Å². The minimum absolute atomic E-state index is 0.0294. The quantitative estimate of drug-likeness (QED) is 0.822. The molecule has 2 nitrogen and oxygen atoms in total. The SMILES string of the molecule is CC(C)(C)C(=O)SC([C]=O)Cc1ccccc1. The van der Waals surface area contributed by atoms with E-state index in [-0.39, 0.29) is 5.12 Å². The molecule has 0 aliphatic rings. The van der Waals surface area contributed by atoms with Crippen molar-refractivity contribution in [2.24, 2.45) is 5.41 Å². The van der Waals surface area contributed by atoms with Gasteiger partial charge in [-0.2, -0.15) is 0 Å². The van der Waals surface area contributed by atoms with Crippen LogP contribution >= 0.6 is 11.8 Å². The van der Waals surface area contributed by atoms with Crippen LogP contribution in [-0.2, 0) is 16.0 Å². The molecular weight excluding hydrogens is 232 g/mol. The van der Waals surface area contributed by atoms with Crippen molar-refractivity contribution in [2.45, 2.75) is 32.4 Å². The van der Waals surface area contributed by atoms with Crippen molar-refractivity contribution in [3.05, 3.63) is 35.9 Å². The fourth-order valence-electron chi connectivity index (χ4n) is 1.24. The summed E-state index contributed by atoms with van der Waals surface area (Å²) in [5, 5.41) is -0.383. The molecule has 0 bridgehead atoms. The van der Waals surface area contributed by atoms with Crippen LogP contribution in [0, 0.1) is 5.41 Å². The van der Waals surface area contributed by atoms with Gasteiger partial charge in [0.25, 0.3) is 0 Å². The van der Waals surface area contributed by atoms with Gasteiger partial charge in [0.1, 0.15) is 0 Å². The third-order valence-electron chi connectivity index (χ3n) is 2.26. The largest absolute Gasteiger partial charge is 0.290 e. The van der Waals surface area contributed by atoms with Crippen molar-refractivity contribution >= 4 is 23.2 Å². The molecule has 1 unspecified atom stereocenters. The molecule has 91 valence electrons. The number of carbonyl (C=O) groups is 1. The zero-order valence-electron chi connectivity index (χ0n) is 10.4. The molecule has 1 aromatic rings. The lowest BCUT2D eigenvalue weighted by molar-refractivity contribution is -0.117. The molecule has 0 saturated heterocycles. The maximum atomic E-state index is 11.8. The molecule has 0 aliphatic heterocycles. The van der Waals surface area contributed by atoms with E-state index in [1.54, 1.807) is 0 Å². The van der Waals surface area contributed by atoms with Gasteiger partial charge in [-0.3, -0.25) is 9.59 Å². The number of thioether (sulfide) groups is 1. The van der Waals surface area contributed by atoms with Gasteiger partial charge in [0.2, 0.25) is 6.29 Å². The number of carbonyl (C=O) groups excluding carboxylic acids is 2. The van der Waals surface area contributed by atoms with Gasteiger partial charge in [0, 0.05) is 5.41 Å². The average Bonchev–Trinajstić information content (AvgIpc) is 2.28. The van der Waals surface area contributed by atoms with E-state index in [0.717, 1.165) is 17.3 Å². The van der Waals surface area contributed by atoms with Crippen LogP contribution in [0.5, 0.6) is 0 Å². The Kier molecular flexibility index (Phi) is 4.94. The number of hydrogen-bond acceptors (Lipinski definition) is 3. The van der Waals surface area contributed by atoms with Crippen LogP contribution in [0.15, 0.2) is 30.3 Å². The summed E-state index contributed by atoms with van der Waals surface area (Å²) >= 11 is 1.08. The van der Waals surface area contributed by atoms with Gasteiger partial charge >= 0.3 is 0 Å². The van der Waals surface area contributed by atoms with Gasteiger partial charge in [-0.25, -0.2) is 0 Å². The monoisotopic (exact) mass is 249 g/mol. The molecule has 0 fully saturated rings. The molecule has 0 aliphatic carbocycles. The van der Waals surface area contributed by atoms with Crippen LogP contribution in [0.1, 0.15) is 26.3 Å². The average molecular weight is 249 g/mol. The first kappa shape index (κ1) is 14.0. The van der Waals surface area contributed by atoms with Crippen molar-refractivity contribution < 1.29 is 9.59 Å². The second kappa shape index (κ2) is 6.01. The Morgan fingerprint density at radius 1 is 1.29 bits per heavy atom. The van der Waals surface area contributed by atoms with Crippen LogP contribution < -0.4 is 0 Å². The molecule has 0 spiro atoms. The highest BCUT2D eigenvalue weighted by Crippen LogP contribution is 2.26. The molecule has 17 heavy (non-hydrogen) atoms. The summed E-state index contributed by atoms with van der Waals surface area (Å²) in [7, 11) is 0. The normalized spacial score (nSPS) is 13.1. The Bertz CT molecular complexity index is 379. The summed E-state index contributed by atoms with van der Waals surface area (Å²) < 4.78 is 0. The Labute approximate surface area is 107 Å². The zero-order chi connectivity index (χ0) is 12.9. The van der Waals surface area contributed by atoms with E-state index in [4.69, 9.17) is 0 Å². The summed E-state index contributed by atoms with van der Waals surface area (Å²) in [6.07, 6.45) is 2.50. The zero-order valence-corrected chi connectivity index (χ0v) is 11.2. The molecule has 3 heteroatoms. The lowest BCUT2D eigenvalue weighted by atomic mass is 10.00. The summed E-state index contributed by atoms with van der Waals surface area (Å²) in [5.41, 5.74) is 0.631. The highest BCUT2D eigenvalue weighted by molar-refractivity contribution is 8.14. The first-order valence-corrected chi connectivity index (χ1v) is 6.44.